The molecule has 0 aliphatic rings. The number of oxazole rings is 1. The molecule has 0 bridgehead atoms. The van der Waals surface area contributed by atoms with Crippen LogP contribution in [0.4, 0.5) is 5.69 Å². The third-order valence-corrected chi connectivity index (χ3v) is 3.59. The van der Waals surface area contributed by atoms with Gasteiger partial charge in [0.05, 0.1) is 12.8 Å². The highest BCUT2D eigenvalue weighted by molar-refractivity contribution is 7.98. The van der Waals surface area contributed by atoms with Crippen LogP contribution in [0, 0.1) is 0 Å². The van der Waals surface area contributed by atoms with Gasteiger partial charge in [-0.05, 0) is 24.3 Å². The van der Waals surface area contributed by atoms with Crippen molar-refractivity contribution in [2.75, 3.05) is 12.8 Å². The predicted molar refractivity (Wildman–Crippen MR) is 78.8 cm³/mol. The summed E-state index contributed by atoms with van der Waals surface area (Å²) in [5, 5.41) is 0.607. The van der Waals surface area contributed by atoms with Crippen molar-refractivity contribution in [3.05, 3.63) is 42.1 Å². The molecule has 2 heterocycles. The molecule has 0 aliphatic heterocycles. The quantitative estimate of drug-likeness (QED) is 0.587. The van der Waals surface area contributed by atoms with Gasteiger partial charge in [0.1, 0.15) is 5.52 Å². The lowest BCUT2D eigenvalue weighted by Gasteiger charge is -2.01. The summed E-state index contributed by atoms with van der Waals surface area (Å²) in [5.41, 5.74) is 8.81. The lowest BCUT2D eigenvalue weighted by atomic mass is 10.3. The van der Waals surface area contributed by atoms with E-state index in [1.54, 1.807) is 19.2 Å². The van der Waals surface area contributed by atoms with Crippen LogP contribution in [-0.2, 0) is 5.75 Å². The standard InChI is InChI=1S/C14H13N3O2S/c1-18-13-4-2-3-10(16-13)8-20-14-17-11-7-9(15)5-6-12(11)19-14/h2-7H,8,15H2,1H3. The maximum atomic E-state index is 5.72. The highest BCUT2D eigenvalue weighted by atomic mass is 32.2. The number of nitrogens with two attached hydrogens (primary N) is 1. The summed E-state index contributed by atoms with van der Waals surface area (Å²) in [6, 6.07) is 11.1. The van der Waals surface area contributed by atoms with E-state index in [2.05, 4.69) is 9.97 Å². The largest absolute Gasteiger partial charge is 0.481 e. The summed E-state index contributed by atoms with van der Waals surface area (Å²) in [6.45, 7) is 0. The van der Waals surface area contributed by atoms with Crippen LogP contribution in [-0.4, -0.2) is 17.1 Å². The van der Waals surface area contributed by atoms with Crippen molar-refractivity contribution in [1.29, 1.82) is 0 Å². The number of methoxy groups -OCH3 is 1. The number of hydrogen-bond acceptors (Lipinski definition) is 6. The first-order valence-electron chi connectivity index (χ1n) is 6.03. The van der Waals surface area contributed by atoms with Gasteiger partial charge in [0.2, 0.25) is 5.88 Å². The number of anilines is 1. The number of nitrogen functional groups attached to an aromatic ring is 1. The third kappa shape index (κ3) is 2.70. The van der Waals surface area contributed by atoms with Gasteiger partial charge in [-0.15, -0.1) is 0 Å². The van der Waals surface area contributed by atoms with Crippen molar-refractivity contribution < 1.29 is 9.15 Å². The van der Waals surface area contributed by atoms with Crippen LogP contribution in [0.2, 0.25) is 0 Å². The number of benzene rings is 1. The predicted octanol–water partition coefficient (Wildman–Crippen LogP) is 3.11. The second-order valence-corrected chi connectivity index (χ2v) is 5.09. The van der Waals surface area contributed by atoms with E-state index in [4.69, 9.17) is 14.9 Å². The molecule has 0 amide bonds. The number of fused-ring (bicyclic) bond motifs is 1. The summed E-state index contributed by atoms with van der Waals surface area (Å²) >= 11 is 1.49. The Morgan fingerprint density at radius 2 is 2.15 bits per heavy atom. The van der Waals surface area contributed by atoms with E-state index in [9.17, 15) is 0 Å². The summed E-state index contributed by atoms with van der Waals surface area (Å²) in [7, 11) is 1.60. The Bertz CT molecular complexity index is 742. The van der Waals surface area contributed by atoms with Crippen LogP contribution >= 0.6 is 11.8 Å². The number of rotatable bonds is 4. The summed E-state index contributed by atoms with van der Waals surface area (Å²) in [5.74, 6) is 1.27. The van der Waals surface area contributed by atoms with Crippen molar-refractivity contribution in [3.8, 4) is 5.88 Å². The molecule has 0 spiro atoms. The molecule has 5 nitrogen and oxygen atoms in total. The lowest BCUT2D eigenvalue weighted by Crippen LogP contribution is -1.91. The Morgan fingerprint density at radius 3 is 3.00 bits per heavy atom. The van der Waals surface area contributed by atoms with E-state index < -0.39 is 0 Å². The van der Waals surface area contributed by atoms with Crippen LogP contribution in [0.1, 0.15) is 5.69 Å². The van der Waals surface area contributed by atoms with Crippen molar-refractivity contribution in [2.24, 2.45) is 0 Å². The summed E-state index contributed by atoms with van der Waals surface area (Å²) in [6.07, 6.45) is 0. The first kappa shape index (κ1) is 12.8. The fourth-order valence-corrected chi connectivity index (χ4v) is 2.52. The van der Waals surface area contributed by atoms with E-state index >= 15 is 0 Å². The fraction of sp³-hybridized carbons (Fsp3) is 0.143. The topological polar surface area (TPSA) is 74.2 Å². The molecule has 20 heavy (non-hydrogen) atoms. The molecule has 2 N–H and O–H groups in total. The molecule has 0 fully saturated rings. The van der Waals surface area contributed by atoms with Gasteiger partial charge in [-0.3, -0.25) is 0 Å². The number of hydrogen-bond donors (Lipinski definition) is 1. The zero-order valence-electron chi connectivity index (χ0n) is 10.9. The van der Waals surface area contributed by atoms with Gasteiger partial charge in [-0.2, -0.15) is 0 Å². The first-order valence-corrected chi connectivity index (χ1v) is 7.02. The zero-order valence-corrected chi connectivity index (χ0v) is 11.7. The van der Waals surface area contributed by atoms with Crippen LogP contribution in [0.25, 0.3) is 11.1 Å². The normalized spacial score (nSPS) is 10.8. The minimum absolute atomic E-state index is 0.605. The minimum Gasteiger partial charge on any atom is -0.481 e. The molecule has 2 aromatic heterocycles. The highest BCUT2D eigenvalue weighted by Crippen LogP contribution is 2.27. The smallest absolute Gasteiger partial charge is 0.257 e. The van der Waals surface area contributed by atoms with Crippen LogP contribution in [0.3, 0.4) is 0 Å². The molecular weight excluding hydrogens is 274 g/mol. The molecule has 1 aromatic carbocycles. The minimum atomic E-state index is 0.605. The highest BCUT2D eigenvalue weighted by Gasteiger charge is 2.07. The second-order valence-electron chi connectivity index (χ2n) is 4.17. The van der Waals surface area contributed by atoms with Crippen molar-refractivity contribution in [1.82, 2.24) is 9.97 Å². The SMILES string of the molecule is COc1cccc(CSc2nc3cc(N)ccc3o2)n1. The van der Waals surface area contributed by atoms with Crippen LogP contribution < -0.4 is 10.5 Å². The van der Waals surface area contributed by atoms with E-state index in [0.29, 0.717) is 22.5 Å². The number of pyridine rings is 1. The third-order valence-electron chi connectivity index (χ3n) is 2.73. The van der Waals surface area contributed by atoms with Crippen molar-refractivity contribution in [2.45, 2.75) is 11.0 Å². The molecule has 6 heteroatoms. The van der Waals surface area contributed by atoms with E-state index in [0.717, 1.165) is 16.8 Å². The van der Waals surface area contributed by atoms with Gasteiger partial charge < -0.3 is 14.9 Å². The maximum Gasteiger partial charge on any atom is 0.257 e. The number of thioether (sulfide) groups is 1. The second kappa shape index (κ2) is 5.42. The van der Waals surface area contributed by atoms with E-state index in [1.807, 2.05) is 24.3 Å². The molecule has 0 radical (unpaired) electrons. The Kier molecular flexibility index (Phi) is 3.47. The number of nitrogens with zero attached hydrogens (tertiary/aromatic N) is 2. The molecule has 0 unspecified atom stereocenters. The van der Waals surface area contributed by atoms with Gasteiger partial charge in [-0.25, -0.2) is 9.97 Å². The zero-order chi connectivity index (χ0) is 13.9. The summed E-state index contributed by atoms with van der Waals surface area (Å²) < 4.78 is 10.7. The monoisotopic (exact) mass is 287 g/mol. The van der Waals surface area contributed by atoms with Gasteiger partial charge in [0.25, 0.3) is 5.22 Å². The Balaban J connectivity index is 1.76. The molecule has 102 valence electrons. The number of ether oxygens (including phenoxy) is 1. The van der Waals surface area contributed by atoms with Crippen molar-refractivity contribution in [3.63, 3.8) is 0 Å². The lowest BCUT2D eigenvalue weighted by molar-refractivity contribution is 0.397. The molecule has 3 rings (SSSR count). The molecule has 3 aromatic rings. The summed E-state index contributed by atoms with van der Waals surface area (Å²) in [4.78, 5) is 8.73. The van der Waals surface area contributed by atoms with Gasteiger partial charge in [-0.1, -0.05) is 17.8 Å². The Morgan fingerprint density at radius 1 is 1.25 bits per heavy atom. The average molecular weight is 287 g/mol. The van der Waals surface area contributed by atoms with Gasteiger partial charge in [0, 0.05) is 17.5 Å². The molecule has 0 atom stereocenters. The molecular formula is C14H13N3O2S. The first-order chi connectivity index (χ1) is 9.74. The molecule has 0 saturated heterocycles. The van der Waals surface area contributed by atoms with Gasteiger partial charge >= 0.3 is 0 Å². The average Bonchev–Trinajstić information content (AvgIpc) is 2.87. The van der Waals surface area contributed by atoms with E-state index in [-0.39, 0.29) is 0 Å². The Hall–Kier alpha value is -2.21. The molecule has 0 aliphatic carbocycles. The van der Waals surface area contributed by atoms with Crippen molar-refractivity contribution >= 4 is 28.5 Å². The van der Waals surface area contributed by atoms with Gasteiger partial charge in [0.15, 0.2) is 5.58 Å². The van der Waals surface area contributed by atoms with E-state index in [1.165, 1.54) is 11.8 Å². The Labute approximate surface area is 120 Å². The van der Waals surface area contributed by atoms with Crippen LogP contribution in [0.5, 0.6) is 5.88 Å². The molecule has 0 saturated carbocycles. The van der Waals surface area contributed by atoms with Crippen LogP contribution in [0.15, 0.2) is 46.0 Å². The maximum absolute atomic E-state index is 5.72. The number of aromatic nitrogens is 2. The fourth-order valence-electron chi connectivity index (χ4n) is 1.77.